The van der Waals surface area contributed by atoms with E-state index in [2.05, 4.69) is 0 Å². The standard InChI is InChI=1S/C20H33N3O8SSi/c1-12-9-23(18(25)22(5)16(12)24)17-15(30-33(7,8)19(2,3)4)20(14(29-17)10-28-6)13(21)11-32(26,27)31-20/h9,11,14-15,17H,10,21H2,1-8H3/t14-,15+,17-,20?/m1/s1. The quantitative estimate of drug-likeness (QED) is 0.454. The van der Waals surface area contributed by atoms with Crippen molar-refractivity contribution in [1.29, 1.82) is 0 Å². The Labute approximate surface area is 194 Å². The molecule has 1 unspecified atom stereocenters. The average Bonchev–Trinajstić information content (AvgIpc) is 3.09. The van der Waals surface area contributed by atoms with Gasteiger partial charge in [0.25, 0.3) is 15.7 Å². The fourth-order valence-corrected chi connectivity index (χ4v) is 6.40. The topological polar surface area (TPSA) is 141 Å². The van der Waals surface area contributed by atoms with Crippen molar-refractivity contribution in [2.24, 2.45) is 12.8 Å². The summed E-state index contributed by atoms with van der Waals surface area (Å²) in [6.45, 7) is 11.5. The van der Waals surface area contributed by atoms with E-state index in [1.54, 1.807) is 6.92 Å². The lowest BCUT2D eigenvalue weighted by Crippen LogP contribution is -2.58. The maximum Gasteiger partial charge on any atom is 0.332 e. The van der Waals surface area contributed by atoms with Gasteiger partial charge in [-0.3, -0.25) is 13.9 Å². The summed E-state index contributed by atoms with van der Waals surface area (Å²) in [6, 6.07) is 0. The van der Waals surface area contributed by atoms with Gasteiger partial charge in [-0.2, -0.15) is 8.42 Å². The zero-order chi connectivity index (χ0) is 25.1. The first-order chi connectivity index (χ1) is 15.0. The summed E-state index contributed by atoms with van der Waals surface area (Å²) in [5.74, 6) is 0. The molecule has 186 valence electrons. The van der Waals surface area contributed by atoms with Crippen molar-refractivity contribution >= 4 is 18.4 Å². The van der Waals surface area contributed by atoms with Gasteiger partial charge in [0, 0.05) is 25.9 Å². The van der Waals surface area contributed by atoms with Gasteiger partial charge >= 0.3 is 5.69 Å². The Hall–Kier alpha value is -1.77. The van der Waals surface area contributed by atoms with Crippen LogP contribution in [0.3, 0.4) is 0 Å². The van der Waals surface area contributed by atoms with Crippen LogP contribution in [0.2, 0.25) is 18.1 Å². The largest absolute Gasteiger partial charge is 0.406 e. The second-order valence-corrected chi connectivity index (χ2v) is 16.2. The molecule has 33 heavy (non-hydrogen) atoms. The van der Waals surface area contributed by atoms with Gasteiger partial charge in [-0.1, -0.05) is 20.8 Å². The van der Waals surface area contributed by atoms with Crippen LogP contribution in [0.1, 0.15) is 32.6 Å². The van der Waals surface area contributed by atoms with E-state index in [1.165, 1.54) is 24.9 Å². The lowest BCUT2D eigenvalue weighted by molar-refractivity contribution is -0.0671. The molecule has 2 aliphatic rings. The van der Waals surface area contributed by atoms with Crippen molar-refractivity contribution in [3.8, 4) is 0 Å². The summed E-state index contributed by atoms with van der Waals surface area (Å²) in [7, 11) is -3.92. The van der Waals surface area contributed by atoms with Gasteiger partial charge in [0.05, 0.1) is 17.7 Å². The average molecular weight is 504 g/mol. The van der Waals surface area contributed by atoms with Crippen LogP contribution in [0.4, 0.5) is 0 Å². The number of aromatic nitrogens is 2. The van der Waals surface area contributed by atoms with E-state index in [-0.39, 0.29) is 17.3 Å². The highest BCUT2D eigenvalue weighted by atomic mass is 32.2. The lowest BCUT2D eigenvalue weighted by Gasteiger charge is -2.43. The first-order valence-electron chi connectivity index (χ1n) is 10.5. The zero-order valence-electron chi connectivity index (χ0n) is 20.2. The van der Waals surface area contributed by atoms with Crippen molar-refractivity contribution in [2.75, 3.05) is 13.7 Å². The summed E-state index contributed by atoms with van der Waals surface area (Å²) in [5, 5.41) is 0.580. The van der Waals surface area contributed by atoms with Crippen LogP contribution in [0, 0.1) is 6.92 Å². The number of hydrogen-bond acceptors (Lipinski definition) is 9. The van der Waals surface area contributed by atoms with Crippen LogP contribution >= 0.6 is 0 Å². The SMILES string of the molecule is COC[C@H]1O[C@@H](n2cc(C)c(=O)n(C)c2=O)[C@H](O[Si](C)(C)C(C)(C)C)C12OS(=O)(=O)C=C2N. The van der Waals surface area contributed by atoms with Crippen LogP contribution in [0.5, 0.6) is 0 Å². The van der Waals surface area contributed by atoms with Gasteiger partial charge in [0.15, 0.2) is 20.1 Å². The van der Waals surface area contributed by atoms with Crippen LogP contribution in [0.15, 0.2) is 26.9 Å². The normalized spacial score (nSPS) is 29.6. The highest BCUT2D eigenvalue weighted by Gasteiger charge is 2.67. The minimum atomic E-state index is -4.13. The minimum absolute atomic E-state index is 0.0720. The van der Waals surface area contributed by atoms with E-state index in [4.69, 9.17) is 23.8 Å². The maximum absolute atomic E-state index is 13.1. The van der Waals surface area contributed by atoms with Crippen molar-refractivity contribution < 1.29 is 26.5 Å². The minimum Gasteiger partial charge on any atom is -0.406 e. The monoisotopic (exact) mass is 503 g/mol. The molecule has 0 amide bonds. The molecule has 0 aliphatic carbocycles. The molecular formula is C20H33N3O8SSi. The lowest BCUT2D eigenvalue weighted by atomic mass is 9.89. The van der Waals surface area contributed by atoms with Crippen molar-refractivity contribution in [1.82, 2.24) is 9.13 Å². The first-order valence-corrected chi connectivity index (χ1v) is 14.9. The molecule has 4 atom stereocenters. The molecule has 13 heteroatoms. The zero-order valence-corrected chi connectivity index (χ0v) is 22.1. The number of methoxy groups -OCH3 is 1. The highest BCUT2D eigenvalue weighted by molar-refractivity contribution is 7.90. The van der Waals surface area contributed by atoms with Crippen molar-refractivity contribution in [3.05, 3.63) is 43.7 Å². The Kier molecular flexibility index (Phi) is 6.40. The Balaban J connectivity index is 2.29. The van der Waals surface area contributed by atoms with Gasteiger partial charge in [-0.15, -0.1) is 0 Å². The molecule has 3 heterocycles. The van der Waals surface area contributed by atoms with Crippen molar-refractivity contribution in [3.63, 3.8) is 0 Å². The maximum atomic E-state index is 13.1. The summed E-state index contributed by atoms with van der Waals surface area (Å²) >= 11 is 0. The smallest absolute Gasteiger partial charge is 0.332 e. The molecule has 0 saturated carbocycles. The van der Waals surface area contributed by atoms with Crippen LogP contribution in [-0.2, 0) is 35.2 Å². The van der Waals surface area contributed by atoms with E-state index in [9.17, 15) is 18.0 Å². The Morgan fingerprint density at radius 3 is 2.36 bits per heavy atom. The van der Waals surface area contributed by atoms with E-state index >= 15 is 0 Å². The van der Waals surface area contributed by atoms with Gasteiger partial charge in [0.1, 0.15) is 12.2 Å². The first kappa shape index (κ1) is 25.8. The molecule has 2 N–H and O–H groups in total. The molecule has 0 aromatic carbocycles. The van der Waals surface area contributed by atoms with Crippen LogP contribution in [0.25, 0.3) is 0 Å². The van der Waals surface area contributed by atoms with Crippen LogP contribution < -0.4 is 17.0 Å². The third-order valence-electron chi connectivity index (χ3n) is 6.74. The van der Waals surface area contributed by atoms with Gasteiger partial charge in [0.2, 0.25) is 0 Å². The Bertz CT molecular complexity index is 1200. The van der Waals surface area contributed by atoms with Crippen LogP contribution in [-0.4, -0.2) is 57.4 Å². The van der Waals surface area contributed by atoms with Gasteiger partial charge in [-0.05, 0) is 25.1 Å². The second kappa shape index (κ2) is 8.17. The van der Waals surface area contributed by atoms with E-state index in [0.717, 1.165) is 9.98 Å². The number of ether oxygens (including phenoxy) is 2. The van der Waals surface area contributed by atoms with Crippen molar-refractivity contribution in [2.45, 2.75) is 69.9 Å². The molecule has 3 rings (SSSR count). The molecule has 1 aromatic heterocycles. The molecule has 1 spiro atoms. The Morgan fingerprint density at radius 2 is 1.88 bits per heavy atom. The molecule has 11 nitrogen and oxygen atoms in total. The fraction of sp³-hybridized carbons (Fsp3) is 0.700. The number of aryl methyl sites for hydroxylation is 1. The molecule has 1 fully saturated rings. The summed E-state index contributed by atoms with van der Waals surface area (Å²) in [5.41, 5.74) is 3.65. The van der Waals surface area contributed by atoms with E-state index in [1.807, 2.05) is 33.9 Å². The van der Waals surface area contributed by atoms with E-state index < -0.39 is 53.7 Å². The number of rotatable bonds is 5. The fourth-order valence-electron chi connectivity index (χ4n) is 3.89. The molecule has 0 bridgehead atoms. The summed E-state index contributed by atoms with van der Waals surface area (Å²) in [6.07, 6.45) is -1.86. The molecule has 0 radical (unpaired) electrons. The van der Waals surface area contributed by atoms with E-state index in [0.29, 0.717) is 5.56 Å². The highest BCUT2D eigenvalue weighted by Crippen LogP contribution is 2.51. The Morgan fingerprint density at radius 1 is 1.27 bits per heavy atom. The third kappa shape index (κ3) is 4.14. The molecule has 2 aliphatic heterocycles. The van der Waals surface area contributed by atoms with Gasteiger partial charge < -0.3 is 19.6 Å². The van der Waals surface area contributed by atoms with Gasteiger partial charge in [-0.25, -0.2) is 8.98 Å². The number of nitrogens with zero attached hydrogens (tertiary/aromatic N) is 2. The predicted octanol–water partition coefficient (Wildman–Crippen LogP) is 0.689. The molecule has 1 saturated heterocycles. The predicted molar refractivity (Wildman–Crippen MR) is 124 cm³/mol. The third-order valence-corrected chi connectivity index (χ3v) is 12.2. The summed E-state index contributed by atoms with van der Waals surface area (Å²) < 4.78 is 50.9. The molecular weight excluding hydrogens is 470 g/mol. The molecule has 1 aromatic rings. The number of hydrogen-bond donors (Lipinski definition) is 1. The summed E-state index contributed by atoms with van der Waals surface area (Å²) in [4.78, 5) is 25.4. The second-order valence-electron chi connectivity index (χ2n) is 10.1. The number of nitrogens with two attached hydrogens (primary N) is 1.